The maximum atomic E-state index is 14.0. The molecule has 4 rings (SSSR count). The second-order valence-corrected chi connectivity index (χ2v) is 8.57. The van der Waals surface area contributed by atoms with Gasteiger partial charge in [-0.15, -0.1) is 0 Å². The average molecular weight is 521 g/mol. The Balaban J connectivity index is 1.46. The molecular weight excluding hydrogens is 494 g/mol. The number of esters is 1. The summed E-state index contributed by atoms with van der Waals surface area (Å²) in [5.41, 5.74) is 4.06. The number of carbonyl (C=O) groups excluding carboxylic acids is 2. The van der Waals surface area contributed by atoms with Crippen LogP contribution >= 0.6 is 0 Å². The van der Waals surface area contributed by atoms with Crippen LogP contribution in [0.4, 0.5) is 19.3 Å². The lowest BCUT2D eigenvalue weighted by Crippen LogP contribution is -2.17. The van der Waals surface area contributed by atoms with Gasteiger partial charge in [0.25, 0.3) is 0 Å². The van der Waals surface area contributed by atoms with Gasteiger partial charge in [0.1, 0.15) is 29.1 Å². The Labute approximate surface area is 218 Å². The molecule has 196 valence electrons. The third-order valence-corrected chi connectivity index (χ3v) is 5.86. The van der Waals surface area contributed by atoms with E-state index in [0.29, 0.717) is 29.3 Å². The van der Waals surface area contributed by atoms with Crippen LogP contribution in [0.15, 0.2) is 71.3 Å². The number of nitrogens with zero attached hydrogens (tertiary/aromatic N) is 1. The molecular formula is C29H26F2N2O5. The van der Waals surface area contributed by atoms with Crippen LogP contribution in [0.25, 0.3) is 22.5 Å². The maximum Gasteiger partial charge on any atom is 0.412 e. The van der Waals surface area contributed by atoms with Crippen LogP contribution in [-0.4, -0.2) is 23.8 Å². The van der Waals surface area contributed by atoms with Gasteiger partial charge in [0.15, 0.2) is 5.76 Å². The summed E-state index contributed by atoms with van der Waals surface area (Å²) in [6.45, 7) is 5.22. The molecule has 0 saturated carbocycles. The van der Waals surface area contributed by atoms with Gasteiger partial charge in [0, 0.05) is 11.1 Å². The molecule has 0 aliphatic heterocycles. The molecule has 3 aromatic carbocycles. The van der Waals surface area contributed by atoms with Crippen molar-refractivity contribution in [2.45, 2.75) is 33.3 Å². The van der Waals surface area contributed by atoms with Crippen LogP contribution in [0.2, 0.25) is 0 Å². The first-order chi connectivity index (χ1) is 18.2. The second kappa shape index (κ2) is 11.7. The molecule has 7 nitrogen and oxygen atoms in total. The van der Waals surface area contributed by atoms with Gasteiger partial charge in [-0.3, -0.25) is 10.1 Å². The quantitative estimate of drug-likeness (QED) is 0.251. The van der Waals surface area contributed by atoms with E-state index in [1.54, 1.807) is 13.8 Å². The smallest absolute Gasteiger partial charge is 0.412 e. The van der Waals surface area contributed by atoms with Crippen molar-refractivity contribution >= 4 is 17.7 Å². The number of nitrogens with one attached hydrogen (secondary N) is 1. The lowest BCUT2D eigenvalue weighted by molar-refractivity contribution is -0.142. The number of aromatic nitrogens is 1. The number of benzene rings is 3. The first-order valence-electron chi connectivity index (χ1n) is 12.0. The Bertz CT molecular complexity index is 1430. The molecule has 0 bridgehead atoms. The van der Waals surface area contributed by atoms with Crippen LogP contribution in [0, 0.1) is 18.6 Å². The van der Waals surface area contributed by atoms with E-state index >= 15 is 0 Å². The largest absolute Gasteiger partial charge is 0.466 e. The fourth-order valence-corrected chi connectivity index (χ4v) is 3.90. The summed E-state index contributed by atoms with van der Waals surface area (Å²) in [7, 11) is 0. The topological polar surface area (TPSA) is 90.7 Å². The lowest BCUT2D eigenvalue weighted by Gasteiger charge is -2.15. The van der Waals surface area contributed by atoms with Crippen molar-refractivity contribution in [2.75, 3.05) is 11.9 Å². The second-order valence-electron chi connectivity index (χ2n) is 8.57. The Morgan fingerprint density at radius 3 is 2.26 bits per heavy atom. The highest BCUT2D eigenvalue weighted by Gasteiger charge is 2.21. The molecule has 1 N–H and O–H groups in total. The first kappa shape index (κ1) is 26.5. The van der Waals surface area contributed by atoms with E-state index in [9.17, 15) is 18.4 Å². The fourth-order valence-electron chi connectivity index (χ4n) is 3.90. The van der Waals surface area contributed by atoms with Gasteiger partial charge in [-0.1, -0.05) is 53.7 Å². The van der Waals surface area contributed by atoms with E-state index in [2.05, 4.69) is 10.5 Å². The number of carbonyl (C=O) groups is 2. The number of hydrogen-bond donors (Lipinski definition) is 1. The molecule has 0 spiro atoms. The van der Waals surface area contributed by atoms with Crippen LogP contribution < -0.4 is 5.32 Å². The van der Waals surface area contributed by atoms with Crippen molar-refractivity contribution in [3.8, 4) is 22.5 Å². The van der Waals surface area contributed by atoms with Gasteiger partial charge in [-0.05, 0) is 55.7 Å². The molecule has 1 heterocycles. The standard InChI is InChI=1S/C29H26F2N2O5/c1-4-36-26(34)15-19-5-7-20(8-6-19)21-9-11-22(12-10-21)28-27(17(2)33-38-28)32-29(35)37-18(3)24-16-23(30)13-14-25(24)31/h5-14,16,18H,4,15H2,1-3H3,(H,32,35). The molecule has 0 radical (unpaired) electrons. The van der Waals surface area contributed by atoms with E-state index < -0.39 is 23.8 Å². The highest BCUT2D eigenvalue weighted by Crippen LogP contribution is 2.33. The Morgan fingerprint density at radius 1 is 0.974 bits per heavy atom. The minimum absolute atomic E-state index is 0.0769. The third-order valence-electron chi connectivity index (χ3n) is 5.86. The van der Waals surface area contributed by atoms with Crippen LogP contribution in [0.3, 0.4) is 0 Å². The van der Waals surface area contributed by atoms with Crippen molar-refractivity contribution in [1.29, 1.82) is 0 Å². The highest BCUT2D eigenvalue weighted by molar-refractivity contribution is 5.91. The molecule has 38 heavy (non-hydrogen) atoms. The normalized spacial score (nSPS) is 11.6. The number of anilines is 1. The van der Waals surface area contributed by atoms with E-state index in [1.807, 2.05) is 48.5 Å². The van der Waals surface area contributed by atoms with Crippen molar-refractivity contribution in [2.24, 2.45) is 0 Å². The number of ether oxygens (including phenoxy) is 2. The van der Waals surface area contributed by atoms with E-state index in [-0.39, 0.29) is 18.0 Å². The van der Waals surface area contributed by atoms with Crippen molar-refractivity contribution in [3.63, 3.8) is 0 Å². The summed E-state index contributed by atoms with van der Waals surface area (Å²) in [6, 6.07) is 18.0. The average Bonchev–Trinajstić information content (AvgIpc) is 3.25. The summed E-state index contributed by atoms with van der Waals surface area (Å²) >= 11 is 0. The van der Waals surface area contributed by atoms with Gasteiger partial charge in [-0.25, -0.2) is 13.6 Å². The summed E-state index contributed by atoms with van der Waals surface area (Å²) in [5.74, 6) is -1.26. The Kier molecular flexibility index (Phi) is 8.15. The van der Waals surface area contributed by atoms with Crippen molar-refractivity contribution in [3.05, 3.63) is 95.2 Å². The molecule has 0 saturated heterocycles. The predicted octanol–water partition coefficient (Wildman–Crippen LogP) is 7.01. The van der Waals surface area contributed by atoms with E-state index in [0.717, 1.165) is 34.9 Å². The monoisotopic (exact) mass is 520 g/mol. The molecule has 1 amide bonds. The number of amides is 1. The number of aryl methyl sites for hydroxylation is 1. The van der Waals surface area contributed by atoms with Gasteiger partial charge < -0.3 is 14.0 Å². The van der Waals surface area contributed by atoms with Gasteiger partial charge >= 0.3 is 12.1 Å². The summed E-state index contributed by atoms with van der Waals surface area (Å²) in [6.07, 6.45) is -1.68. The molecule has 4 aromatic rings. The van der Waals surface area contributed by atoms with Gasteiger partial charge in [-0.2, -0.15) is 0 Å². The predicted molar refractivity (Wildman–Crippen MR) is 137 cm³/mol. The maximum absolute atomic E-state index is 14.0. The Morgan fingerprint density at radius 2 is 1.61 bits per heavy atom. The van der Waals surface area contributed by atoms with E-state index in [4.69, 9.17) is 14.0 Å². The van der Waals surface area contributed by atoms with Crippen molar-refractivity contribution < 1.29 is 32.4 Å². The SMILES string of the molecule is CCOC(=O)Cc1ccc(-c2ccc(-c3onc(C)c3NC(=O)OC(C)c3cc(F)ccc3F)cc2)cc1. The molecule has 0 aliphatic rings. The molecule has 9 heteroatoms. The molecule has 1 aromatic heterocycles. The number of rotatable bonds is 8. The molecule has 0 fully saturated rings. The van der Waals surface area contributed by atoms with Crippen LogP contribution in [-0.2, 0) is 20.7 Å². The van der Waals surface area contributed by atoms with Crippen molar-refractivity contribution in [1.82, 2.24) is 5.16 Å². The van der Waals surface area contributed by atoms with Gasteiger partial charge in [0.05, 0.1) is 13.0 Å². The Hall–Kier alpha value is -4.53. The zero-order valence-corrected chi connectivity index (χ0v) is 21.1. The minimum atomic E-state index is -1.03. The summed E-state index contributed by atoms with van der Waals surface area (Å²) in [4.78, 5) is 24.2. The number of hydrogen-bond acceptors (Lipinski definition) is 6. The fraction of sp³-hybridized carbons (Fsp3) is 0.207. The van der Waals surface area contributed by atoms with Crippen LogP contribution in [0.5, 0.6) is 0 Å². The lowest BCUT2D eigenvalue weighted by atomic mass is 10.0. The summed E-state index contributed by atoms with van der Waals surface area (Å²) < 4.78 is 43.2. The first-order valence-corrected chi connectivity index (χ1v) is 12.0. The van der Waals surface area contributed by atoms with E-state index in [1.165, 1.54) is 6.92 Å². The minimum Gasteiger partial charge on any atom is -0.466 e. The van der Waals surface area contributed by atoms with Crippen LogP contribution in [0.1, 0.15) is 36.8 Å². The molecule has 1 unspecified atom stereocenters. The number of halogens is 2. The molecule has 1 atom stereocenters. The molecule has 0 aliphatic carbocycles. The van der Waals surface area contributed by atoms with Gasteiger partial charge in [0.2, 0.25) is 0 Å². The highest BCUT2D eigenvalue weighted by atomic mass is 19.1. The zero-order chi connectivity index (χ0) is 27.2. The third kappa shape index (κ3) is 6.23. The zero-order valence-electron chi connectivity index (χ0n) is 21.1. The summed E-state index contributed by atoms with van der Waals surface area (Å²) in [5, 5.41) is 6.54.